The standard InChI is InChI=1S/C12H14F3NO4S/c13-12(14,15)21(18,19)10-3-1-9(2-4-10)16-7-11(17)5-6-20-8-11/h1-4,16-17H,5-8H2. The van der Waals surface area contributed by atoms with Crippen LogP contribution in [0, 0.1) is 0 Å². The van der Waals surface area contributed by atoms with E-state index in [4.69, 9.17) is 4.74 Å². The minimum absolute atomic E-state index is 0.165. The summed E-state index contributed by atoms with van der Waals surface area (Å²) in [7, 11) is -5.33. The van der Waals surface area contributed by atoms with Crippen molar-refractivity contribution in [1.82, 2.24) is 0 Å². The van der Waals surface area contributed by atoms with Gasteiger partial charge in [-0.15, -0.1) is 0 Å². The number of sulfone groups is 1. The average molecular weight is 325 g/mol. The van der Waals surface area contributed by atoms with Crippen molar-refractivity contribution >= 4 is 15.5 Å². The first-order chi connectivity index (χ1) is 9.64. The van der Waals surface area contributed by atoms with Crippen LogP contribution >= 0.6 is 0 Å². The van der Waals surface area contributed by atoms with E-state index in [1.54, 1.807) is 0 Å². The Morgan fingerprint density at radius 3 is 2.38 bits per heavy atom. The fraction of sp³-hybridized carbons (Fsp3) is 0.500. The van der Waals surface area contributed by atoms with Gasteiger partial charge in [-0.3, -0.25) is 0 Å². The predicted molar refractivity (Wildman–Crippen MR) is 68.6 cm³/mol. The van der Waals surface area contributed by atoms with E-state index in [1.165, 1.54) is 12.1 Å². The molecule has 1 saturated heterocycles. The van der Waals surface area contributed by atoms with Gasteiger partial charge in [0.15, 0.2) is 0 Å². The van der Waals surface area contributed by atoms with Gasteiger partial charge in [0.2, 0.25) is 0 Å². The van der Waals surface area contributed by atoms with Crippen LogP contribution in [0.4, 0.5) is 18.9 Å². The highest BCUT2D eigenvalue weighted by Crippen LogP contribution is 2.30. The number of hydrogen-bond donors (Lipinski definition) is 2. The van der Waals surface area contributed by atoms with E-state index in [1.807, 2.05) is 0 Å². The van der Waals surface area contributed by atoms with Crippen molar-refractivity contribution in [3.05, 3.63) is 24.3 Å². The van der Waals surface area contributed by atoms with Gasteiger partial charge in [0, 0.05) is 25.3 Å². The van der Waals surface area contributed by atoms with E-state index in [2.05, 4.69) is 5.32 Å². The minimum atomic E-state index is -5.33. The Labute approximate surface area is 119 Å². The van der Waals surface area contributed by atoms with Crippen LogP contribution in [0.5, 0.6) is 0 Å². The lowest BCUT2D eigenvalue weighted by molar-refractivity contribution is -0.0436. The van der Waals surface area contributed by atoms with Crippen molar-refractivity contribution in [2.45, 2.75) is 22.4 Å². The van der Waals surface area contributed by atoms with Gasteiger partial charge >= 0.3 is 5.51 Å². The lowest BCUT2D eigenvalue weighted by Gasteiger charge is -2.21. The monoisotopic (exact) mass is 325 g/mol. The molecule has 1 atom stereocenters. The van der Waals surface area contributed by atoms with Gasteiger partial charge in [-0.25, -0.2) is 8.42 Å². The number of alkyl halides is 3. The Hall–Kier alpha value is -1.32. The maximum atomic E-state index is 12.4. The number of hydrogen-bond acceptors (Lipinski definition) is 5. The van der Waals surface area contributed by atoms with Gasteiger partial charge in [0.05, 0.1) is 11.5 Å². The minimum Gasteiger partial charge on any atom is -0.386 e. The van der Waals surface area contributed by atoms with Gasteiger partial charge in [-0.1, -0.05) is 0 Å². The molecule has 1 heterocycles. The summed E-state index contributed by atoms with van der Waals surface area (Å²) in [5, 5.41) is 12.8. The highest BCUT2D eigenvalue weighted by molar-refractivity contribution is 7.92. The normalized spacial score (nSPS) is 23.2. The Bertz CT molecular complexity index is 592. The first-order valence-corrected chi connectivity index (χ1v) is 7.58. The van der Waals surface area contributed by atoms with Crippen molar-refractivity contribution in [2.24, 2.45) is 0 Å². The van der Waals surface area contributed by atoms with E-state index in [-0.39, 0.29) is 13.2 Å². The second-order valence-electron chi connectivity index (χ2n) is 4.85. The van der Waals surface area contributed by atoms with Crippen LogP contribution in [0.15, 0.2) is 29.2 Å². The van der Waals surface area contributed by atoms with Gasteiger partial charge < -0.3 is 15.2 Å². The van der Waals surface area contributed by atoms with E-state index in [0.29, 0.717) is 18.7 Å². The second-order valence-corrected chi connectivity index (χ2v) is 6.80. The third kappa shape index (κ3) is 3.47. The fourth-order valence-electron chi connectivity index (χ4n) is 1.89. The Morgan fingerprint density at radius 1 is 1.29 bits per heavy atom. The quantitative estimate of drug-likeness (QED) is 0.878. The molecule has 2 rings (SSSR count). The zero-order chi connectivity index (χ0) is 15.7. The van der Waals surface area contributed by atoms with E-state index < -0.39 is 25.8 Å². The summed E-state index contributed by atoms with van der Waals surface area (Å²) < 4.78 is 64.5. The van der Waals surface area contributed by atoms with Gasteiger partial charge in [0.25, 0.3) is 9.84 Å². The molecule has 5 nitrogen and oxygen atoms in total. The molecule has 0 aliphatic carbocycles. The number of ether oxygens (including phenoxy) is 1. The third-order valence-electron chi connectivity index (χ3n) is 3.17. The van der Waals surface area contributed by atoms with E-state index in [0.717, 1.165) is 12.1 Å². The SMILES string of the molecule is O=S(=O)(c1ccc(NCC2(O)CCOC2)cc1)C(F)(F)F. The molecule has 2 N–H and O–H groups in total. The van der Waals surface area contributed by atoms with Gasteiger partial charge in [-0.05, 0) is 24.3 Å². The zero-order valence-corrected chi connectivity index (χ0v) is 11.7. The number of nitrogens with one attached hydrogen (secondary N) is 1. The molecule has 0 aromatic heterocycles. The maximum absolute atomic E-state index is 12.4. The van der Waals surface area contributed by atoms with Crippen molar-refractivity contribution in [1.29, 1.82) is 0 Å². The highest BCUT2D eigenvalue weighted by Gasteiger charge is 2.46. The molecule has 0 amide bonds. The Morgan fingerprint density at radius 2 is 1.90 bits per heavy atom. The van der Waals surface area contributed by atoms with Crippen molar-refractivity contribution in [2.75, 3.05) is 25.1 Å². The lowest BCUT2D eigenvalue weighted by atomic mass is 10.0. The van der Waals surface area contributed by atoms with Crippen LogP contribution < -0.4 is 5.32 Å². The smallest absolute Gasteiger partial charge is 0.386 e. The molecule has 1 unspecified atom stereocenters. The van der Waals surface area contributed by atoms with Crippen molar-refractivity contribution < 1.29 is 31.4 Å². The fourth-order valence-corrected chi connectivity index (χ4v) is 2.65. The highest BCUT2D eigenvalue weighted by atomic mass is 32.2. The molecule has 1 aromatic carbocycles. The average Bonchev–Trinajstić information content (AvgIpc) is 2.83. The Balaban J connectivity index is 2.06. The third-order valence-corrected chi connectivity index (χ3v) is 4.68. The number of halogens is 3. The summed E-state index contributed by atoms with van der Waals surface area (Å²) in [6.45, 7) is 0.792. The van der Waals surface area contributed by atoms with E-state index in [9.17, 15) is 26.7 Å². The molecule has 0 radical (unpaired) electrons. The van der Waals surface area contributed by atoms with Crippen LogP contribution in [0.1, 0.15) is 6.42 Å². The van der Waals surface area contributed by atoms with Crippen molar-refractivity contribution in [3.63, 3.8) is 0 Å². The van der Waals surface area contributed by atoms with Crippen LogP contribution in [-0.2, 0) is 14.6 Å². The summed E-state index contributed by atoms with van der Waals surface area (Å²) in [5.74, 6) is 0. The van der Waals surface area contributed by atoms with Crippen molar-refractivity contribution in [3.8, 4) is 0 Å². The molecule has 0 saturated carbocycles. The Kier molecular flexibility index (Phi) is 4.18. The molecule has 0 spiro atoms. The number of rotatable bonds is 4. The van der Waals surface area contributed by atoms with Crippen LogP contribution in [0.25, 0.3) is 0 Å². The lowest BCUT2D eigenvalue weighted by Crippen LogP contribution is -2.37. The number of benzene rings is 1. The summed E-state index contributed by atoms with van der Waals surface area (Å²) >= 11 is 0. The molecule has 118 valence electrons. The summed E-state index contributed by atoms with van der Waals surface area (Å²) in [4.78, 5) is -0.816. The molecular weight excluding hydrogens is 311 g/mol. The van der Waals surface area contributed by atoms with Gasteiger partial charge in [-0.2, -0.15) is 13.2 Å². The molecule has 1 aliphatic heterocycles. The van der Waals surface area contributed by atoms with Crippen LogP contribution in [0.2, 0.25) is 0 Å². The first kappa shape index (κ1) is 16.1. The summed E-state index contributed by atoms with van der Waals surface area (Å²) in [6, 6.07) is 4.19. The number of aliphatic hydroxyl groups is 1. The second kappa shape index (κ2) is 5.47. The molecule has 21 heavy (non-hydrogen) atoms. The summed E-state index contributed by atoms with van der Waals surface area (Å²) in [5.41, 5.74) is -5.92. The summed E-state index contributed by atoms with van der Waals surface area (Å²) in [6.07, 6.45) is 0.459. The molecule has 1 aliphatic rings. The van der Waals surface area contributed by atoms with Crippen LogP contribution in [0.3, 0.4) is 0 Å². The molecule has 0 bridgehead atoms. The molecule has 1 aromatic rings. The molecule has 9 heteroatoms. The van der Waals surface area contributed by atoms with Crippen LogP contribution in [-0.4, -0.2) is 44.4 Å². The number of anilines is 1. The zero-order valence-electron chi connectivity index (χ0n) is 10.9. The first-order valence-electron chi connectivity index (χ1n) is 6.10. The topological polar surface area (TPSA) is 75.6 Å². The molecular formula is C12H14F3NO4S. The van der Waals surface area contributed by atoms with E-state index >= 15 is 0 Å². The largest absolute Gasteiger partial charge is 0.501 e. The molecule has 1 fully saturated rings. The predicted octanol–water partition coefficient (Wildman–Crippen LogP) is 1.54. The maximum Gasteiger partial charge on any atom is 0.501 e. The van der Waals surface area contributed by atoms with Gasteiger partial charge in [0.1, 0.15) is 5.60 Å².